The number of hydrogen-bond acceptors (Lipinski definition) is 3. The second-order valence-electron chi connectivity index (χ2n) is 5.42. The fourth-order valence-corrected chi connectivity index (χ4v) is 2.50. The van der Waals surface area contributed by atoms with Crippen molar-refractivity contribution in [2.45, 2.75) is 39.2 Å². The lowest BCUT2D eigenvalue weighted by atomic mass is 10.0. The number of nitrogens with zero attached hydrogens (tertiary/aromatic N) is 1. The second kappa shape index (κ2) is 6.20. The Balaban J connectivity index is 2.06. The van der Waals surface area contributed by atoms with Crippen molar-refractivity contribution in [2.75, 3.05) is 25.5 Å². The minimum atomic E-state index is -0.0426. The van der Waals surface area contributed by atoms with Gasteiger partial charge in [-0.3, -0.25) is 9.69 Å². The molecule has 1 atom stereocenters. The first kappa shape index (κ1) is 14.1. The van der Waals surface area contributed by atoms with Gasteiger partial charge in [0.1, 0.15) is 0 Å². The van der Waals surface area contributed by atoms with E-state index in [1.54, 1.807) is 0 Å². The Labute approximate surface area is 116 Å². The molecule has 1 aliphatic rings. The summed E-state index contributed by atoms with van der Waals surface area (Å²) < 4.78 is 0. The predicted molar refractivity (Wildman–Crippen MR) is 80.0 cm³/mol. The molecule has 1 N–H and O–H groups in total. The Hall–Kier alpha value is -1.35. The van der Waals surface area contributed by atoms with Crippen LogP contribution in [0.15, 0.2) is 18.2 Å². The molecule has 0 saturated heterocycles. The Morgan fingerprint density at radius 3 is 3.00 bits per heavy atom. The van der Waals surface area contributed by atoms with Crippen molar-refractivity contribution in [1.29, 1.82) is 0 Å². The molecular formula is C16H24N2O. The SMILES string of the molecule is CCCCN(C)C(C)C(=O)c1ccc2c(c1)CCN2. The molecule has 1 heterocycles. The standard InChI is InChI=1S/C16H24N2O/c1-4-5-10-18(3)12(2)16(19)14-6-7-15-13(11-14)8-9-17-15/h6-7,11-12,17H,4-5,8-10H2,1-3H3. The minimum Gasteiger partial charge on any atom is -0.384 e. The lowest BCUT2D eigenvalue weighted by Crippen LogP contribution is -2.36. The van der Waals surface area contributed by atoms with Crippen LogP contribution in [-0.4, -0.2) is 36.9 Å². The van der Waals surface area contributed by atoms with E-state index < -0.39 is 0 Å². The third-order valence-electron chi connectivity index (χ3n) is 4.00. The Kier molecular flexibility index (Phi) is 4.59. The number of anilines is 1. The number of unbranched alkanes of at least 4 members (excludes halogenated alkanes) is 1. The molecule has 2 rings (SSSR count). The van der Waals surface area contributed by atoms with Gasteiger partial charge in [-0.25, -0.2) is 0 Å². The van der Waals surface area contributed by atoms with Crippen molar-refractivity contribution in [3.63, 3.8) is 0 Å². The van der Waals surface area contributed by atoms with E-state index in [-0.39, 0.29) is 11.8 Å². The first-order chi connectivity index (χ1) is 9.13. The maximum atomic E-state index is 12.5. The van der Waals surface area contributed by atoms with E-state index >= 15 is 0 Å². The van der Waals surface area contributed by atoms with Crippen LogP contribution in [0.4, 0.5) is 5.69 Å². The molecule has 1 aromatic rings. The van der Waals surface area contributed by atoms with Crippen LogP contribution in [0.2, 0.25) is 0 Å². The molecule has 0 amide bonds. The molecule has 3 nitrogen and oxygen atoms in total. The van der Waals surface area contributed by atoms with Crippen LogP contribution in [0.3, 0.4) is 0 Å². The number of fused-ring (bicyclic) bond motifs is 1. The molecule has 0 radical (unpaired) electrons. The molecule has 0 fully saturated rings. The van der Waals surface area contributed by atoms with Crippen LogP contribution in [0.5, 0.6) is 0 Å². The summed E-state index contributed by atoms with van der Waals surface area (Å²) in [4.78, 5) is 14.6. The number of hydrogen-bond donors (Lipinski definition) is 1. The molecule has 3 heteroatoms. The largest absolute Gasteiger partial charge is 0.384 e. The number of likely N-dealkylation sites (N-methyl/N-ethyl adjacent to an activating group) is 1. The van der Waals surface area contributed by atoms with Gasteiger partial charge in [0.25, 0.3) is 0 Å². The van der Waals surface area contributed by atoms with Crippen LogP contribution in [0.1, 0.15) is 42.6 Å². The average Bonchev–Trinajstić information content (AvgIpc) is 2.90. The van der Waals surface area contributed by atoms with Gasteiger partial charge < -0.3 is 5.32 Å². The lowest BCUT2D eigenvalue weighted by Gasteiger charge is -2.23. The van der Waals surface area contributed by atoms with E-state index in [9.17, 15) is 4.79 Å². The molecule has 0 aliphatic carbocycles. The second-order valence-corrected chi connectivity index (χ2v) is 5.42. The molecule has 0 spiro atoms. The van der Waals surface area contributed by atoms with Crippen molar-refractivity contribution >= 4 is 11.5 Å². The van der Waals surface area contributed by atoms with Gasteiger partial charge in [0, 0.05) is 17.8 Å². The first-order valence-corrected chi connectivity index (χ1v) is 7.24. The molecule has 19 heavy (non-hydrogen) atoms. The highest BCUT2D eigenvalue weighted by atomic mass is 16.1. The van der Waals surface area contributed by atoms with Gasteiger partial charge >= 0.3 is 0 Å². The van der Waals surface area contributed by atoms with E-state index in [2.05, 4.69) is 23.2 Å². The smallest absolute Gasteiger partial charge is 0.179 e. The van der Waals surface area contributed by atoms with Crippen molar-refractivity contribution in [3.05, 3.63) is 29.3 Å². The number of benzene rings is 1. The number of carbonyl (C=O) groups excluding carboxylic acids is 1. The van der Waals surface area contributed by atoms with Crippen LogP contribution < -0.4 is 5.32 Å². The zero-order valence-electron chi connectivity index (χ0n) is 12.2. The molecule has 104 valence electrons. The summed E-state index contributed by atoms with van der Waals surface area (Å²) in [5, 5.41) is 3.32. The topological polar surface area (TPSA) is 32.3 Å². The van der Waals surface area contributed by atoms with E-state index in [0.717, 1.165) is 37.9 Å². The van der Waals surface area contributed by atoms with E-state index in [0.29, 0.717) is 0 Å². The Bertz CT molecular complexity index is 456. The van der Waals surface area contributed by atoms with Crippen LogP contribution in [0.25, 0.3) is 0 Å². The summed E-state index contributed by atoms with van der Waals surface area (Å²) in [6, 6.07) is 6.00. The third kappa shape index (κ3) is 3.16. The minimum absolute atomic E-state index is 0.0426. The normalized spacial score (nSPS) is 15.2. The molecule has 1 aromatic carbocycles. The highest BCUT2D eigenvalue weighted by Crippen LogP contribution is 2.24. The van der Waals surface area contributed by atoms with Crippen LogP contribution >= 0.6 is 0 Å². The molecule has 0 saturated carbocycles. The van der Waals surface area contributed by atoms with E-state index in [4.69, 9.17) is 0 Å². The maximum Gasteiger partial charge on any atom is 0.179 e. The fraction of sp³-hybridized carbons (Fsp3) is 0.562. The van der Waals surface area contributed by atoms with Gasteiger partial charge in [0.05, 0.1) is 6.04 Å². The first-order valence-electron chi connectivity index (χ1n) is 7.24. The number of carbonyl (C=O) groups is 1. The number of rotatable bonds is 6. The number of nitrogens with one attached hydrogen (secondary N) is 1. The van der Waals surface area contributed by atoms with Crippen LogP contribution in [-0.2, 0) is 6.42 Å². The van der Waals surface area contributed by atoms with Gasteiger partial charge in [-0.2, -0.15) is 0 Å². The van der Waals surface area contributed by atoms with E-state index in [1.165, 1.54) is 11.3 Å². The summed E-state index contributed by atoms with van der Waals surface area (Å²) in [6.07, 6.45) is 3.33. The van der Waals surface area contributed by atoms with E-state index in [1.807, 2.05) is 26.1 Å². The monoisotopic (exact) mass is 260 g/mol. The summed E-state index contributed by atoms with van der Waals surface area (Å²) in [6.45, 7) is 6.14. The summed E-state index contributed by atoms with van der Waals surface area (Å²) in [7, 11) is 2.03. The summed E-state index contributed by atoms with van der Waals surface area (Å²) in [5.41, 5.74) is 3.30. The quantitative estimate of drug-likeness (QED) is 0.798. The third-order valence-corrected chi connectivity index (χ3v) is 4.00. The van der Waals surface area contributed by atoms with Crippen LogP contribution in [0, 0.1) is 0 Å². The maximum absolute atomic E-state index is 12.5. The predicted octanol–water partition coefficient (Wildman–Crippen LogP) is 2.96. The van der Waals surface area contributed by atoms with Crippen molar-refractivity contribution in [3.8, 4) is 0 Å². The molecule has 0 bridgehead atoms. The number of Topliss-reactive ketones (excluding diaryl/α,β-unsaturated/α-hetero) is 1. The summed E-state index contributed by atoms with van der Waals surface area (Å²) >= 11 is 0. The highest BCUT2D eigenvalue weighted by Gasteiger charge is 2.21. The van der Waals surface area contributed by atoms with Gasteiger partial charge in [0.15, 0.2) is 5.78 Å². The van der Waals surface area contributed by atoms with Crippen molar-refractivity contribution in [2.24, 2.45) is 0 Å². The molecule has 1 unspecified atom stereocenters. The fourth-order valence-electron chi connectivity index (χ4n) is 2.50. The Morgan fingerprint density at radius 2 is 2.26 bits per heavy atom. The zero-order valence-corrected chi connectivity index (χ0v) is 12.2. The average molecular weight is 260 g/mol. The van der Waals surface area contributed by atoms with Crippen molar-refractivity contribution < 1.29 is 4.79 Å². The highest BCUT2D eigenvalue weighted by molar-refractivity contribution is 6.00. The van der Waals surface area contributed by atoms with Gasteiger partial charge in [-0.15, -0.1) is 0 Å². The zero-order chi connectivity index (χ0) is 13.8. The molecule has 0 aromatic heterocycles. The van der Waals surface area contributed by atoms with Gasteiger partial charge in [0.2, 0.25) is 0 Å². The molecule has 1 aliphatic heterocycles. The summed E-state index contributed by atoms with van der Waals surface area (Å²) in [5.74, 6) is 0.230. The van der Waals surface area contributed by atoms with Gasteiger partial charge in [-0.1, -0.05) is 13.3 Å². The number of ketones is 1. The lowest BCUT2D eigenvalue weighted by molar-refractivity contribution is 0.0867. The Morgan fingerprint density at radius 1 is 1.47 bits per heavy atom. The van der Waals surface area contributed by atoms with Gasteiger partial charge in [-0.05, 0) is 57.1 Å². The van der Waals surface area contributed by atoms with Crippen molar-refractivity contribution in [1.82, 2.24) is 4.90 Å². The molecular weight excluding hydrogens is 236 g/mol.